The van der Waals surface area contributed by atoms with E-state index in [1.54, 1.807) is 0 Å². The van der Waals surface area contributed by atoms with Crippen LogP contribution in [-0.4, -0.2) is 74.5 Å². The SMILES string of the molecule is CN=C(NCc1ccc(CN2CCN(C)CC2)cc1)N(C)CCc1cccs1. The Labute approximate surface area is 173 Å². The van der Waals surface area contributed by atoms with Gasteiger partial charge in [0.1, 0.15) is 0 Å². The average Bonchev–Trinajstić information content (AvgIpc) is 3.23. The first-order valence-electron chi connectivity index (χ1n) is 10.1. The highest BCUT2D eigenvalue weighted by atomic mass is 32.1. The van der Waals surface area contributed by atoms with E-state index in [4.69, 9.17) is 0 Å². The number of nitrogens with one attached hydrogen (secondary N) is 1. The molecule has 2 aromatic rings. The van der Waals surface area contributed by atoms with Gasteiger partial charge in [0.25, 0.3) is 0 Å². The molecule has 1 fully saturated rings. The maximum Gasteiger partial charge on any atom is 0.193 e. The standard InChI is InChI=1S/C22H33N5S/c1-23-22(26(3)11-10-21-5-4-16-28-21)24-17-19-6-8-20(9-7-19)18-27-14-12-25(2)13-15-27/h4-9,16H,10-15,17-18H2,1-3H3,(H,23,24). The second-order valence-electron chi connectivity index (χ2n) is 7.55. The Hall–Kier alpha value is -1.89. The van der Waals surface area contributed by atoms with Crippen LogP contribution in [0.4, 0.5) is 0 Å². The summed E-state index contributed by atoms with van der Waals surface area (Å²) in [7, 11) is 6.15. The number of rotatable bonds is 7. The van der Waals surface area contributed by atoms with E-state index in [9.17, 15) is 0 Å². The van der Waals surface area contributed by atoms with Crippen LogP contribution in [0.3, 0.4) is 0 Å². The van der Waals surface area contributed by atoms with Crippen molar-refractivity contribution in [3.63, 3.8) is 0 Å². The van der Waals surface area contributed by atoms with Gasteiger partial charge in [0.05, 0.1) is 0 Å². The van der Waals surface area contributed by atoms with Gasteiger partial charge >= 0.3 is 0 Å². The first-order valence-corrected chi connectivity index (χ1v) is 10.9. The number of thiophene rings is 1. The van der Waals surface area contributed by atoms with Gasteiger partial charge in [-0.2, -0.15) is 0 Å². The van der Waals surface area contributed by atoms with Crippen LogP contribution in [0, 0.1) is 0 Å². The van der Waals surface area contributed by atoms with Crippen LogP contribution in [0.1, 0.15) is 16.0 Å². The van der Waals surface area contributed by atoms with E-state index in [1.165, 1.54) is 29.1 Å². The number of benzene rings is 1. The van der Waals surface area contributed by atoms with Crippen molar-refractivity contribution >= 4 is 17.3 Å². The van der Waals surface area contributed by atoms with Crippen molar-refractivity contribution in [1.82, 2.24) is 20.0 Å². The maximum absolute atomic E-state index is 4.43. The Kier molecular flexibility index (Phi) is 7.89. The van der Waals surface area contributed by atoms with Crippen molar-refractivity contribution in [2.24, 2.45) is 4.99 Å². The maximum atomic E-state index is 4.43. The Bertz CT molecular complexity index is 718. The van der Waals surface area contributed by atoms with Gasteiger partial charge in [0.15, 0.2) is 5.96 Å². The number of aliphatic imine (C=N–C) groups is 1. The minimum Gasteiger partial charge on any atom is -0.352 e. The van der Waals surface area contributed by atoms with E-state index in [-0.39, 0.29) is 0 Å². The molecule has 0 atom stereocenters. The van der Waals surface area contributed by atoms with Crippen molar-refractivity contribution in [3.05, 3.63) is 57.8 Å². The minimum atomic E-state index is 0.796. The van der Waals surface area contributed by atoms with Crippen molar-refractivity contribution in [1.29, 1.82) is 0 Å². The van der Waals surface area contributed by atoms with Gasteiger partial charge in [-0.1, -0.05) is 30.3 Å². The van der Waals surface area contributed by atoms with Crippen molar-refractivity contribution in [2.45, 2.75) is 19.5 Å². The fraction of sp³-hybridized carbons (Fsp3) is 0.500. The van der Waals surface area contributed by atoms with E-state index in [0.29, 0.717) is 0 Å². The Morgan fingerprint density at radius 2 is 1.82 bits per heavy atom. The molecule has 0 spiro atoms. The van der Waals surface area contributed by atoms with Crippen LogP contribution in [0.2, 0.25) is 0 Å². The molecule has 1 aliphatic rings. The highest BCUT2D eigenvalue weighted by Gasteiger charge is 2.13. The third kappa shape index (κ3) is 6.33. The fourth-order valence-electron chi connectivity index (χ4n) is 3.43. The molecule has 1 N–H and O–H groups in total. The number of hydrogen-bond donors (Lipinski definition) is 1. The second kappa shape index (κ2) is 10.6. The quantitative estimate of drug-likeness (QED) is 0.573. The molecule has 3 rings (SSSR count). The molecular formula is C22H33N5S. The van der Waals surface area contributed by atoms with Gasteiger partial charge in [0, 0.05) is 64.8 Å². The lowest BCUT2D eigenvalue weighted by Gasteiger charge is -2.32. The number of piperazine rings is 1. The second-order valence-corrected chi connectivity index (χ2v) is 8.58. The lowest BCUT2D eigenvalue weighted by atomic mass is 10.1. The molecule has 1 aromatic heterocycles. The third-order valence-electron chi connectivity index (χ3n) is 5.32. The highest BCUT2D eigenvalue weighted by molar-refractivity contribution is 7.09. The molecule has 0 saturated carbocycles. The Morgan fingerprint density at radius 3 is 2.46 bits per heavy atom. The van der Waals surface area contributed by atoms with Gasteiger partial charge in [-0.05, 0) is 36.0 Å². The van der Waals surface area contributed by atoms with Crippen molar-refractivity contribution in [2.75, 3.05) is 53.9 Å². The summed E-state index contributed by atoms with van der Waals surface area (Å²) in [5, 5.41) is 5.62. The first kappa shape index (κ1) is 20.8. The van der Waals surface area contributed by atoms with Crippen LogP contribution in [0.15, 0.2) is 46.8 Å². The van der Waals surface area contributed by atoms with Gasteiger partial charge in [-0.25, -0.2) is 0 Å². The predicted octanol–water partition coefficient (Wildman–Crippen LogP) is 2.75. The summed E-state index contributed by atoms with van der Waals surface area (Å²) in [6.07, 6.45) is 1.05. The van der Waals surface area contributed by atoms with Crippen LogP contribution >= 0.6 is 11.3 Å². The van der Waals surface area contributed by atoms with Crippen molar-refractivity contribution < 1.29 is 0 Å². The summed E-state index contributed by atoms with van der Waals surface area (Å²) < 4.78 is 0. The summed E-state index contributed by atoms with van der Waals surface area (Å²) >= 11 is 1.82. The number of hydrogen-bond acceptors (Lipinski definition) is 4. The van der Waals surface area contributed by atoms with E-state index >= 15 is 0 Å². The normalized spacial score (nSPS) is 16.3. The summed E-state index contributed by atoms with van der Waals surface area (Å²) in [5.41, 5.74) is 2.68. The lowest BCUT2D eigenvalue weighted by molar-refractivity contribution is 0.148. The van der Waals surface area contributed by atoms with Crippen LogP contribution in [0.5, 0.6) is 0 Å². The van der Waals surface area contributed by atoms with Crippen LogP contribution in [0.25, 0.3) is 0 Å². The van der Waals surface area contributed by atoms with E-state index in [0.717, 1.165) is 45.1 Å². The molecule has 28 heavy (non-hydrogen) atoms. The molecule has 5 nitrogen and oxygen atoms in total. The van der Waals surface area contributed by atoms with Gasteiger partial charge in [-0.15, -0.1) is 11.3 Å². The molecule has 2 heterocycles. The molecular weight excluding hydrogens is 366 g/mol. The molecule has 1 aliphatic heterocycles. The van der Waals surface area contributed by atoms with E-state index in [1.807, 2.05) is 18.4 Å². The Balaban J connectivity index is 1.43. The fourth-order valence-corrected chi connectivity index (χ4v) is 4.13. The summed E-state index contributed by atoms with van der Waals surface area (Å²) in [6.45, 7) is 7.47. The van der Waals surface area contributed by atoms with Gasteiger partial charge < -0.3 is 15.1 Å². The molecule has 1 saturated heterocycles. The largest absolute Gasteiger partial charge is 0.352 e. The average molecular weight is 400 g/mol. The number of guanidine groups is 1. The first-order chi connectivity index (χ1) is 13.6. The zero-order valence-electron chi connectivity index (χ0n) is 17.4. The smallest absolute Gasteiger partial charge is 0.193 e. The zero-order chi connectivity index (χ0) is 19.8. The number of likely N-dealkylation sites (N-methyl/N-ethyl adjacent to an activating group) is 2. The molecule has 152 valence electrons. The highest BCUT2D eigenvalue weighted by Crippen LogP contribution is 2.11. The number of nitrogens with zero attached hydrogens (tertiary/aromatic N) is 4. The molecule has 0 aliphatic carbocycles. The molecule has 6 heteroatoms. The van der Waals surface area contributed by atoms with Crippen molar-refractivity contribution in [3.8, 4) is 0 Å². The summed E-state index contributed by atoms with van der Waals surface area (Å²) in [6, 6.07) is 13.3. The lowest BCUT2D eigenvalue weighted by Crippen LogP contribution is -2.43. The van der Waals surface area contributed by atoms with E-state index < -0.39 is 0 Å². The van der Waals surface area contributed by atoms with Crippen LogP contribution in [-0.2, 0) is 19.5 Å². The van der Waals surface area contributed by atoms with E-state index in [2.05, 4.69) is 80.9 Å². The summed E-state index contributed by atoms with van der Waals surface area (Å²) in [4.78, 5) is 13.0. The predicted molar refractivity (Wildman–Crippen MR) is 120 cm³/mol. The van der Waals surface area contributed by atoms with Gasteiger partial charge in [-0.3, -0.25) is 9.89 Å². The topological polar surface area (TPSA) is 34.1 Å². The zero-order valence-corrected chi connectivity index (χ0v) is 18.2. The molecule has 0 bridgehead atoms. The molecule has 1 aromatic carbocycles. The minimum absolute atomic E-state index is 0.796. The molecule has 0 unspecified atom stereocenters. The third-order valence-corrected chi connectivity index (χ3v) is 6.26. The summed E-state index contributed by atoms with van der Waals surface area (Å²) in [5.74, 6) is 0.943. The Morgan fingerprint density at radius 1 is 1.11 bits per heavy atom. The van der Waals surface area contributed by atoms with Crippen LogP contribution < -0.4 is 5.32 Å². The monoisotopic (exact) mass is 399 g/mol. The molecule has 0 amide bonds. The van der Waals surface area contributed by atoms with Gasteiger partial charge in [0.2, 0.25) is 0 Å². The molecule has 0 radical (unpaired) electrons.